The molecule has 0 radical (unpaired) electrons. The lowest BCUT2D eigenvalue weighted by Gasteiger charge is -2.34. The summed E-state index contributed by atoms with van der Waals surface area (Å²) < 4.78 is 29.3. The minimum atomic E-state index is -4.16. The number of rotatable bonds is 12. The van der Waals surface area contributed by atoms with E-state index in [1.165, 1.54) is 17.0 Å². The molecule has 0 fully saturated rings. The molecule has 2 atom stereocenters. The number of amides is 2. The molecule has 42 heavy (non-hydrogen) atoms. The third-order valence-corrected chi connectivity index (χ3v) is 9.66. The van der Waals surface area contributed by atoms with Crippen LogP contribution in [0.1, 0.15) is 55.9 Å². The Morgan fingerprint density at radius 3 is 1.95 bits per heavy atom. The highest BCUT2D eigenvalue weighted by Crippen LogP contribution is 2.29. The van der Waals surface area contributed by atoms with Crippen LogP contribution in [0.25, 0.3) is 0 Å². The zero-order valence-electron chi connectivity index (χ0n) is 24.9. The van der Waals surface area contributed by atoms with E-state index < -0.39 is 28.5 Å². The highest BCUT2D eigenvalue weighted by molar-refractivity contribution is 7.92. The number of nitrogens with zero attached hydrogens (tertiary/aromatic N) is 2. The van der Waals surface area contributed by atoms with Gasteiger partial charge in [0.25, 0.3) is 10.0 Å². The number of aryl methyl sites for hydroxylation is 3. The standard InChI is InChI=1S/C32H39Cl2N3O4S/c1-7-24(6)35-32(39)30(8-2)36(19-27-28(33)10-9-11-29(27)34)31(38)20-37(25-17-22(4)16-23(5)18-25)42(40,41)26-14-12-21(3)13-15-26/h9-18,24,30H,7-8,19-20H2,1-6H3,(H,35,39)/t24-,30+/m1/s1. The fourth-order valence-electron chi connectivity index (χ4n) is 4.68. The topological polar surface area (TPSA) is 86.8 Å². The summed E-state index contributed by atoms with van der Waals surface area (Å²) in [5, 5.41) is 3.65. The van der Waals surface area contributed by atoms with Gasteiger partial charge in [0, 0.05) is 28.2 Å². The highest BCUT2D eigenvalue weighted by Gasteiger charge is 2.34. The molecule has 3 aromatic rings. The van der Waals surface area contributed by atoms with Crippen LogP contribution in [0.2, 0.25) is 10.0 Å². The Balaban J connectivity index is 2.13. The molecule has 0 spiro atoms. The molecule has 0 saturated carbocycles. The number of hydrogen-bond acceptors (Lipinski definition) is 4. The minimum Gasteiger partial charge on any atom is -0.352 e. The highest BCUT2D eigenvalue weighted by atomic mass is 35.5. The third-order valence-electron chi connectivity index (χ3n) is 7.16. The monoisotopic (exact) mass is 631 g/mol. The summed E-state index contributed by atoms with van der Waals surface area (Å²) in [5.74, 6) is -0.894. The lowest BCUT2D eigenvalue weighted by molar-refractivity contribution is -0.140. The molecule has 0 aliphatic heterocycles. The average Bonchev–Trinajstić information content (AvgIpc) is 2.92. The molecule has 3 aromatic carbocycles. The van der Waals surface area contributed by atoms with Crippen molar-refractivity contribution in [1.29, 1.82) is 0 Å². The normalized spacial score (nSPS) is 12.9. The number of nitrogens with one attached hydrogen (secondary N) is 1. The molecular formula is C32H39Cl2N3O4S. The Hall–Kier alpha value is -3.07. The van der Waals surface area contributed by atoms with E-state index in [0.29, 0.717) is 34.1 Å². The Morgan fingerprint density at radius 2 is 1.43 bits per heavy atom. The summed E-state index contributed by atoms with van der Waals surface area (Å²) in [5.41, 5.74) is 3.43. The largest absolute Gasteiger partial charge is 0.352 e. The van der Waals surface area contributed by atoms with Crippen LogP contribution in [0.5, 0.6) is 0 Å². The molecule has 7 nitrogen and oxygen atoms in total. The van der Waals surface area contributed by atoms with Crippen molar-refractivity contribution in [2.24, 2.45) is 0 Å². The van der Waals surface area contributed by atoms with Crippen molar-refractivity contribution in [1.82, 2.24) is 10.2 Å². The van der Waals surface area contributed by atoms with Crippen LogP contribution < -0.4 is 9.62 Å². The van der Waals surface area contributed by atoms with Crippen LogP contribution in [-0.4, -0.2) is 43.8 Å². The van der Waals surface area contributed by atoms with Crippen LogP contribution >= 0.6 is 23.2 Å². The third kappa shape index (κ3) is 8.06. The van der Waals surface area contributed by atoms with E-state index in [-0.39, 0.29) is 23.4 Å². The van der Waals surface area contributed by atoms with Gasteiger partial charge in [-0.2, -0.15) is 0 Å². The molecule has 2 amide bonds. The van der Waals surface area contributed by atoms with Crippen LogP contribution in [-0.2, 0) is 26.2 Å². The van der Waals surface area contributed by atoms with E-state index >= 15 is 0 Å². The summed E-state index contributed by atoms with van der Waals surface area (Å²) in [6.07, 6.45) is 1.01. The van der Waals surface area contributed by atoms with Gasteiger partial charge in [0.2, 0.25) is 11.8 Å². The van der Waals surface area contributed by atoms with Gasteiger partial charge in [0.15, 0.2) is 0 Å². The Bertz CT molecular complexity index is 1490. The fourth-order valence-corrected chi connectivity index (χ4v) is 6.59. The van der Waals surface area contributed by atoms with Crippen molar-refractivity contribution < 1.29 is 18.0 Å². The summed E-state index contributed by atoms with van der Waals surface area (Å²) in [6.45, 7) is 10.6. The molecule has 0 bridgehead atoms. The molecule has 226 valence electrons. The van der Waals surface area contributed by atoms with Gasteiger partial charge in [0.1, 0.15) is 12.6 Å². The van der Waals surface area contributed by atoms with E-state index in [0.717, 1.165) is 21.0 Å². The van der Waals surface area contributed by atoms with E-state index in [4.69, 9.17) is 23.2 Å². The summed E-state index contributed by atoms with van der Waals surface area (Å²) in [6, 6.07) is 15.9. The van der Waals surface area contributed by atoms with Gasteiger partial charge < -0.3 is 10.2 Å². The molecule has 0 unspecified atom stereocenters. The average molecular weight is 633 g/mol. The maximum Gasteiger partial charge on any atom is 0.264 e. The number of anilines is 1. The van der Waals surface area contributed by atoms with Crippen molar-refractivity contribution in [3.8, 4) is 0 Å². The summed E-state index contributed by atoms with van der Waals surface area (Å²) >= 11 is 13.0. The number of halogens is 2. The van der Waals surface area contributed by atoms with Gasteiger partial charge in [-0.15, -0.1) is 0 Å². The van der Waals surface area contributed by atoms with Crippen LogP contribution in [0, 0.1) is 20.8 Å². The Labute approximate surface area is 259 Å². The molecule has 0 heterocycles. The molecule has 3 rings (SSSR count). The van der Waals surface area contributed by atoms with Gasteiger partial charge in [0.05, 0.1) is 10.6 Å². The maximum atomic E-state index is 14.3. The Kier molecular flexibility index (Phi) is 11.5. The second-order valence-corrected chi connectivity index (χ2v) is 13.3. The quantitative estimate of drug-likeness (QED) is 0.237. The summed E-state index contributed by atoms with van der Waals surface area (Å²) in [7, 11) is -4.16. The molecule has 0 saturated heterocycles. The number of benzene rings is 3. The van der Waals surface area contributed by atoms with Crippen molar-refractivity contribution in [2.75, 3.05) is 10.8 Å². The van der Waals surface area contributed by atoms with Crippen LogP contribution in [0.4, 0.5) is 5.69 Å². The molecule has 10 heteroatoms. The number of carbonyl (C=O) groups excluding carboxylic acids is 2. The predicted octanol–water partition coefficient (Wildman–Crippen LogP) is 6.84. The SMILES string of the molecule is CC[C@@H](C)NC(=O)[C@H](CC)N(Cc1c(Cl)cccc1Cl)C(=O)CN(c1cc(C)cc(C)c1)S(=O)(=O)c1ccc(C)cc1. The van der Waals surface area contributed by atoms with Crippen molar-refractivity contribution >= 4 is 50.7 Å². The van der Waals surface area contributed by atoms with E-state index in [2.05, 4.69) is 5.32 Å². The first-order valence-corrected chi connectivity index (χ1v) is 16.2. The van der Waals surface area contributed by atoms with E-state index in [1.807, 2.05) is 40.7 Å². The van der Waals surface area contributed by atoms with Gasteiger partial charge >= 0.3 is 0 Å². The maximum absolute atomic E-state index is 14.3. The Morgan fingerprint density at radius 1 is 0.857 bits per heavy atom. The number of carbonyl (C=O) groups is 2. The lowest BCUT2D eigenvalue weighted by atomic mass is 10.1. The second kappa shape index (κ2) is 14.4. The summed E-state index contributed by atoms with van der Waals surface area (Å²) in [4.78, 5) is 29.1. The molecule has 0 aromatic heterocycles. The van der Waals surface area contributed by atoms with Gasteiger partial charge in [-0.1, -0.05) is 66.9 Å². The van der Waals surface area contributed by atoms with E-state index in [9.17, 15) is 18.0 Å². The van der Waals surface area contributed by atoms with Crippen LogP contribution in [0.15, 0.2) is 65.6 Å². The predicted molar refractivity (Wildman–Crippen MR) is 171 cm³/mol. The van der Waals surface area contributed by atoms with Crippen molar-refractivity contribution in [3.05, 3.63) is 93.0 Å². The molecule has 1 N–H and O–H groups in total. The van der Waals surface area contributed by atoms with Crippen LogP contribution in [0.3, 0.4) is 0 Å². The lowest BCUT2D eigenvalue weighted by Crippen LogP contribution is -2.53. The molecular weight excluding hydrogens is 593 g/mol. The van der Waals surface area contributed by atoms with Gasteiger partial charge in [-0.25, -0.2) is 8.42 Å². The zero-order chi connectivity index (χ0) is 31.2. The minimum absolute atomic E-state index is 0.0577. The zero-order valence-corrected chi connectivity index (χ0v) is 27.3. The number of hydrogen-bond donors (Lipinski definition) is 1. The van der Waals surface area contributed by atoms with Gasteiger partial charge in [-0.3, -0.25) is 13.9 Å². The van der Waals surface area contributed by atoms with Crippen molar-refractivity contribution in [3.63, 3.8) is 0 Å². The first kappa shape index (κ1) is 33.4. The van der Waals surface area contributed by atoms with E-state index in [1.54, 1.807) is 49.4 Å². The van der Waals surface area contributed by atoms with Crippen molar-refractivity contribution in [2.45, 2.75) is 77.9 Å². The number of sulfonamides is 1. The first-order chi connectivity index (χ1) is 19.8. The molecule has 0 aliphatic carbocycles. The second-order valence-electron chi connectivity index (χ2n) is 10.6. The fraction of sp³-hybridized carbons (Fsp3) is 0.375. The first-order valence-electron chi connectivity index (χ1n) is 14.0. The molecule has 0 aliphatic rings. The smallest absolute Gasteiger partial charge is 0.264 e. The van der Waals surface area contributed by atoms with Gasteiger partial charge in [-0.05, 0) is 88.1 Å².